The van der Waals surface area contributed by atoms with Gasteiger partial charge >= 0.3 is 0 Å². The van der Waals surface area contributed by atoms with Crippen molar-refractivity contribution in [2.45, 2.75) is 0 Å². The van der Waals surface area contributed by atoms with E-state index in [1.54, 1.807) is 30.3 Å². The standard InChI is InChI=1S/C13H7N5O2/c14-8-11-5-2-6-12-15-13(16-17(11)12)9-3-1-4-10(7-9)18(19)20/h1-7H. The van der Waals surface area contributed by atoms with Crippen LogP contribution in [0.4, 0.5) is 5.69 Å². The van der Waals surface area contributed by atoms with E-state index in [-0.39, 0.29) is 5.69 Å². The number of pyridine rings is 1. The topological polar surface area (TPSA) is 97.1 Å². The van der Waals surface area contributed by atoms with E-state index in [1.807, 2.05) is 6.07 Å². The second kappa shape index (κ2) is 4.44. The largest absolute Gasteiger partial charge is 0.270 e. The Labute approximate surface area is 112 Å². The fourth-order valence-electron chi connectivity index (χ4n) is 1.87. The molecule has 2 aromatic heterocycles. The first-order valence-corrected chi connectivity index (χ1v) is 5.70. The molecule has 0 atom stereocenters. The van der Waals surface area contributed by atoms with Gasteiger partial charge < -0.3 is 0 Å². The van der Waals surface area contributed by atoms with Crippen LogP contribution < -0.4 is 0 Å². The molecule has 0 spiro atoms. The molecule has 96 valence electrons. The molecule has 0 fully saturated rings. The second-order valence-corrected chi connectivity index (χ2v) is 4.04. The summed E-state index contributed by atoms with van der Waals surface area (Å²) in [6.07, 6.45) is 0. The number of nitro groups is 1. The first kappa shape index (κ1) is 11.8. The van der Waals surface area contributed by atoms with Gasteiger partial charge in [-0.15, -0.1) is 5.10 Å². The molecule has 7 heteroatoms. The molecule has 1 aromatic carbocycles. The summed E-state index contributed by atoms with van der Waals surface area (Å²) in [5, 5.41) is 24.0. The number of nitriles is 1. The van der Waals surface area contributed by atoms with Crippen LogP contribution >= 0.6 is 0 Å². The minimum atomic E-state index is -0.472. The summed E-state index contributed by atoms with van der Waals surface area (Å²) in [6, 6.07) is 13.1. The Morgan fingerprint density at radius 2 is 2.05 bits per heavy atom. The molecule has 0 N–H and O–H groups in total. The molecular formula is C13H7N5O2. The van der Waals surface area contributed by atoms with E-state index in [9.17, 15) is 10.1 Å². The highest BCUT2D eigenvalue weighted by Crippen LogP contribution is 2.21. The Bertz CT molecular complexity index is 863. The molecule has 0 saturated carbocycles. The Hall–Kier alpha value is -3.27. The number of non-ortho nitro benzene ring substituents is 1. The van der Waals surface area contributed by atoms with Gasteiger partial charge in [0.25, 0.3) is 5.69 Å². The fourth-order valence-corrected chi connectivity index (χ4v) is 1.87. The van der Waals surface area contributed by atoms with Crippen molar-refractivity contribution in [2.75, 3.05) is 0 Å². The maximum atomic E-state index is 10.8. The molecule has 2 heterocycles. The average Bonchev–Trinajstić information content (AvgIpc) is 2.91. The Kier molecular flexibility index (Phi) is 2.62. The Balaban J connectivity index is 2.18. The predicted molar refractivity (Wildman–Crippen MR) is 69.8 cm³/mol. The van der Waals surface area contributed by atoms with Crippen molar-refractivity contribution in [3.63, 3.8) is 0 Å². The molecule has 0 saturated heterocycles. The minimum Gasteiger partial charge on any atom is -0.258 e. The lowest BCUT2D eigenvalue weighted by molar-refractivity contribution is -0.384. The maximum absolute atomic E-state index is 10.8. The quantitative estimate of drug-likeness (QED) is 0.522. The lowest BCUT2D eigenvalue weighted by atomic mass is 10.2. The van der Waals surface area contributed by atoms with Crippen LogP contribution in [0.3, 0.4) is 0 Å². The number of nitrogens with zero attached hydrogens (tertiary/aromatic N) is 5. The number of hydrogen-bond donors (Lipinski definition) is 0. The number of hydrogen-bond acceptors (Lipinski definition) is 5. The zero-order chi connectivity index (χ0) is 14.1. The third-order valence-electron chi connectivity index (χ3n) is 2.79. The van der Waals surface area contributed by atoms with Crippen molar-refractivity contribution in [1.29, 1.82) is 5.26 Å². The molecule has 0 unspecified atom stereocenters. The van der Waals surface area contributed by atoms with E-state index < -0.39 is 4.92 Å². The molecule has 0 aliphatic rings. The molecule has 0 aliphatic heterocycles. The van der Waals surface area contributed by atoms with Gasteiger partial charge in [0.2, 0.25) is 0 Å². The van der Waals surface area contributed by atoms with Crippen molar-refractivity contribution in [1.82, 2.24) is 14.6 Å². The number of benzene rings is 1. The van der Waals surface area contributed by atoms with Crippen molar-refractivity contribution >= 4 is 11.3 Å². The van der Waals surface area contributed by atoms with Gasteiger partial charge in [0, 0.05) is 17.7 Å². The third-order valence-corrected chi connectivity index (χ3v) is 2.79. The van der Waals surface area contributed by atoms with Gasteiger partial charge in [-0.05, 0) is 12.1 Å². The van der Waals surface area contributed by atoms with Gasteiger partial charge in [-0.3, -0.25) is 10.1 Å². The zero-order valence-electron chi connectivity index (χ0n) is 10.1. The maximum Gasteiger partial charge on any atom is 0.270 e. The van der Waals surface area contributed by atoms with Gasteiger partial charge in [0.05, 0.1) is 4.92 Å². The molecule has 0 bridgehead atoms. The van der Waals surface area contributed by atoms with Crippen molar-refractivity contribution in [2.24, 2.45) is 0 Å². The summed E-state index contributed by atoms with van der Waals surface area (Å²) in [5.41, 5.74) is 1.38. The summed E-state index contributed by atoms with van der Waals surface area (Å²) in [7, 11) is 0. The van der Waals surface area contributed by atoms with Crippen LogP contribution in [0.1, 0.15) is 5.69 Å². The molecule has 20 heavy (non-hydrogen) atoms. The van der Waals surface area contributed by atoms with Crippen LogP contribution in [0, 0.1) is 21.4 Å². The average molecular weight is 265 g/mol. The van der Waals surface area contributed by atoms with E-state index in [0.29, 0.717) is 22.7 Å². The first-order valence-electron chi connectivity index (χ1n) is 5.70. The number of nitro benzene ring substituents is 1. The molecular weight excluding hydrogens is 258 g/mol. The minimum absolute atomic E-state index is 0.0261. The molecule has 0 amide bonds. The van der Waals surface area contributed by atoms with Crippen LogP contribution in [-0.2, 0) is 0 Å². The lowest BCUT2D eigenvalue weighted by Gasteiger charge is -1.95. The van der Waals surface area contributed by atoms with Gasteiger partial charge in [-0.2, -0.15) is 5.26 Å². The molecule has 3 rings (SSSR count). The highest BCUT2D eigenvalue weighted by atomic mass is 16.6. The predicted octanol–water partition coefficient (Wildman–Crippen LogP) is 2.18. The SMILES string of the molecule is N#Cc1cccc2nc(-c3cccc([N+](=O)[O-])c3)nn12. The van der Waals surface area contributed by atoms with Crippen LogP contribution in [0.5, 0.6) is 0 Å². The second-order valence-electron chi connectivity index (χ2n) is 4.04. The smallest absolute Gasteiger partial charge is 0.258 e. The number of fused-ring (bicyclic) bond motifs is 1. The normalized spacial score (nSPS) is 10.3. The first-order chi connectivity index (χ1) is 9.69. The highest BCUT2D eigenvalue weighted by Gasteiger charge is 2.12. The van der Waals surface area contributed by atoms with Gasteiger partial charge in [0.1, 0.15) is 11.8 Å². The molecule has 0 radical (unpaired) electrons. The van der Waals surface area contributed by atoms with Crippen molar-refractivity contribution in [3.8, 4) is 17.5 Å². The number of rotatable bonds is 2. The van der Waals surface area contributed by atoms with Gasteiger partial charge in [0.15, 0.2) is 11.5 Å². The summed E-state index contributed by atoms with van der Waals surface area (Å²) in [4.78, 5) is 14.6. The zero-order valence-corrected chi connectivity index (χ0v) is 10.1. The third kappa shape index (κ3) is 1.85. The van der Waals surface area contributed by atoms with E-state index in [1.165, 1.54) is 16.6 Å². The summed E-state index contributed by atoms with van der Waals surface area (Å²) < 4.78 is 1.41. The van der Waals surface area contributed by atoms with E-state index >= 15 is 0 Å². The van der Waals surface area contributed by atoms with E-state index in [0.717, 1.165) is 0 Å². The Morgan fingerprint density at radius 3 is 2.80 bits per heavy atom. The summed E-state index contributed by atoms with van der Waals surface area (Å²) >= 11 is 0. The molecule has 0 aliphatic carbocycles. The van der Waals surface area contributed by atoms with E-state index in [2.05, 4.69) is 10.1 Å². The van der Waals surface area contributed by atoms with Crippen LogP contribution in [0.15, 0.2) is 42.5 Å². The van der Waals surface area contributed by atoms with Crippen molar-refractivity contribution in [3.05, 3.63) is 58.3 Å². The van der Waals surface area contributed by atoms with E-state index in [4.69, 9.17) is 5.26 Å². The molecule has 3 aromatic rings. The van der Waals surface area contributed by atoms with Crippen molar-refractivity contribution < 1.29 is 4.92 Å². The molecule has 7 nitrogen and oxygen atoms in total. The van der Waals surface area contributed by atoms with Gasteiger partial charge in [-0.1, -0.05) is 18.2 Å². The van der Waals surface area contributed by atoms with Gasteiger partial charge in [-0.25, -0.2) is 9.50 Å². The Morgan fingerprint density at radius 1 is 1.25 bits per heavy atom. The highest BCUT2D eigenvalue weighted by molar-refractivity contribution is 5.61. The van der Waals surface area contributed by atoms with Crippen LogP contribution in [0.2, 0.25) is 0 Å². The summed E-state index contributed by atoms with van der Waals surface area (Å²) in [6.45, 7) is 0. The summed E-state index contributed by atoms with van der Waals surface area (Å²) in [5.74, 6) is 0.344. The van der Waals surface area contributed by atoms with Crippen LogP contribution in [0.25, 0.3) is 17.0 Å². The fraction of sp³-hybridized carbons (Fsp3) is 0. The number of aromatic nitrogens is 3. The monoisotopic (exact) mass is 265 g/mol. The lowest BCUT2D eigenvalue weighted by Crippen LogP contribution is -1.93. The van der Waals surface area contributed by atoms with Crippen LogP contribution in [-0.4, -0.2) is 19.5 Å².